The van der Waals surface area contributed by atoms with E-state index < -0.39 is 11.7 Å². The second-order valence-corrected chi connectivity index (χ2v) is 6.94. The Balaban J connectivity index is 1.41. The molecule has 12 heteroatoms. The molecule has 3 heterocycles. The molecule has 4 aromatic rings. The summed E-state index contributed by atoms with van der Waals surface area (Å²) in [4.78, 5) is 16.3. The van der Waals surface area contributed by atoms with Gasteiger partial charge in [-0.3, -0.25) is 9.48 Å². The lowest BCUT2D eigenvalue weighted by atomic mass is 10.1. The summed E-state index contributed by atoms with van der Waals surface area (Å²) < 4.78 is 25.3. The zero-order valence-electron chi connectivity index (χ0n) is 15.9. The molecule has 0 aliphatic carbocycles. The first-order valence-electron chi connectivity index (χ1n) is 8.93. The Kier molecular flexibility index (Phi) is 5.46. The van der Waals surface area contributed by atoms with Gasteiger partial charge in [0.25, 0.3) is 17.6 Å². The lowest BCUT2D eigenvalue weighted by Crippen LogP contribution is -2.36. The van der Waals surface area contributed by atoms with Crippen molar-refractivity contribution >= 4 is 17.5 Å². The van der Waals surface area contributed by atoms with Crippen molar-refractivity contribution in [2.45, 2.75) is 19.5 Å². The minimum Gasteiger partial charge on any atom is -0.364 e. The minimum atomic E-state index is -0.717. The van der Waals surface area contributed by atoms with Gasteiger partial charge in [-0.1, -0.05) is 21.9 Å². The molecule has 0 saturated carbocycles. The van der Waals surface area contributed by atoms with Gasteiger partial charge in [-0.15, -0.1) is 0 Å². The Hall–Kier alpha value is -4.04. The largest absolute Gasteiger partial charge is 0.364 e. The molecule has 0 aliphatic rings. The van der Waals surface area contributed by atoms with E-state index in [1.807, 2.05) is 0 Å². The third-order valence-corrected chi connectivity index (χ3v) is 4.51. The fourth-order valence-electron chi connectivity index (χ4n) is 2.80. The zero-order valence-corrected chi connectivity index (χ0v) is 16.7. The molecule has 10 nitrogen and oxygen atoms in total. The van der Waals surface area contributed by atoms with Gasteiger partial charge in [-0.2, -0.15) is 15.3 Å². The second kappa shape index (κ2) is 8.37. The van der Waals surface area contributed by atoms with Crippen molar-refractivity contribution in [2.24, 2.45) is 0 Å². The molecule has 1 amide bonds. The van der Waals surface area contributed by atoms with Crippen LogP contribution >= 0.6 is 11.6 Å². The summed E-state index contributed by atoms with van der Waals surface area (Å²) >= 11 is 5.95. The van der Waals surface area contributed by atoms with Gasteiger partial charge in [0.2, 0.25) is 0 Å². The Morgan fingerprint density at radius 3 is 2.90 bits per heavy atom. The molecule has 0 aliphatic heterocycles. The molecule has 0 bridgehead atoms. The van der Waals surface area contributed by atoms with Crippen LogP contribution in [0.15, 0.2) is 45.8 Å². The van der Waals surface area contributed by atoms with E-state index in [2.05, 4.69) is 25.7 Å². The number of halogens is 2. The highest BCUT2D eigenvalue weighted by Gasteiger charge is 2.19. The number of aromatic nitrogens is 5. The van der Waals surface area contributed by atoms with Crippen molar-refractivity contribution in [3.05, 3.63) is 59.0 Å². The third-order valence-electron chi connectivity index (χ3n) is 4.21. The van der Waals surface area contributed by atoms with Crippen LogP contribution in [0.1, 0.15) is 23.1 Å². The first kappa shape index (κ1) is 20.2. The van der Waals surface area contributed by atoms with E-state index >= 15 is 0 Å². The van der Waals surface area contributed by atoms with Crippen molar-refractivity contribution in [1.29, 1.82) is 5.26 Å². The van der Waals surface area contributed by atoms with E-state index in [1.165, 1.54) is 24.5 Å². The summed E-state index contributed by atoms with van der Waals surface area (Å²) in [6.45, 7) is 2.10. The van der Waals surface area contributed by atoms with E-state index in [0.29, 0.717) is 23.5 Å². The molecular formula is C19H13ClFN7O3. The molecule has 3 aromatic heterocycles. The Morgan fingerprint density at radius 2 is 2.19 bits per heavy atom. The van der Waals surface area contributed by atoms with Crippen molar-refractivity contribution in [2.75, 3.05) is 0 Å². The lowest BCUT2D eigenvalue weighted by Gasteiger charge is -2.12. The maximum Gasteiger partial charge on any atom is 0.292 e. The Bertz CT molecular complexity index is 1250. The van der Waals surface area contributed by atoms with Crippen LogP contribution in [0.4, 0.5) is 4.39 Å². The predicted molar refractivity (Wildman–Crippen MR) is 104 cm³/mol. The van der Waals surface area contributed by atoms with Gasteiger partial charge in [0, 0.05) is 23.9 Å². The van der Waals surface area contributed by atoms with Crippen molar-refractivity contribution < 1.29 is 18.2 Å². The fourth-order valence-corrected chi connectivity index (χ4v) is 3.05. The van der Waals surface area contributed by atoms with Gasteiger partial charge in [-0.05, 0) is 25.1 Å². The number of nitrogens with one attached hydrogen (secondary N) is 1. The fraction of sp³-hybridized carbons (Fsp3) is 0.158. The molecule has 0 fully saturated rings. The molecule has 156 valence electrons. The van der Waals surface area contributed by atoms with Gasteiger partial charge in [0.1, 0.15) is 23.7 Å². The van der Waals surface area contributed by atoms with Gasteiger partial charge >= 0.3 is 0 Å². The van der Waals surface area contributed by atoms with Crippen LogP contribution in [0, 0.1) is 17.1 Å². The maximum atomic E-state index is 14.0. The van der Waals surface area contributed by atoms with E-state index in [0.717, 1.165) is 0 Å². The first-order chi connectivity index (χ1) is 14.9. The summed E-state index contributed by atoms with van der Waals surface area (Å²) in [5.41, 5.74) is 1.01. The number of carbonyl (C=O) groups is 1. The third kappa shape index (κ3) is 4.29. The number of nitrogens with zero attached hydrogens (tertiary/aromatic N) is 6. The van der Waals surface area contributed by atoms with Crippen LogP contribution in [-0.2, 0) is 6.54 Å². The number of benzene rings is 1. The molecule has 0 spiro atoms. The Labute approximate surface area is 179 Å². The van der Waals surface area contributed by atoms with Crippen molar-refractivity contribution in [3.8, 4) is 28.9 Å². The zero-order chi connectivity index (χ0) is 22.0. The summed E-state index contributed by atoms with van der Waals surface area (Å²) in [6.07, 6.45) is 3.03. The van der Waals surface area contributed by atoms with Crippen molar-refractivity contribution in [3.63, 3.8) is 0 Å². The normalized spacial score (nSPS) is 11.8. The average Bonchev–Trinajstić information content (AvgIpc) is 3.48. The van der Waals surface area contributed by atoms with E-state index in [4.69, 9.17) is 25.9 Å². The first-order valence-corrected chi connectivity index (χ1v) is 9.30. The monoisotopic (exact) mass is 441 g/mol. The molecular weight excluding hydrogens is 429 g/mol. The SMILES string of the molecule is C[C@@H](Cn1ccc(-c2cc(F)c(C#N)c(Cl)c2)n1)NC(=O)c1noc(-c2ccon2)n1. The molecule has 1 N–H and O–H groups in total. The Morgan fingerprint density at radius 1 is 1.35 bits per heavy atom. The van der Waals surface area contributed by atoms with Crippen LogP contribution in [0.5, 0.6) is 0 Å². The quantitative estimate of drug-likeness (QED) is 0.482. The van der Waals surface area contributed by atoms with Gasteiger partial charge < -0.3 is 14.4 Å². The number of nitriles is 1. The second-order valence-electron chi connectivity index (χ2n) is 6.53. The number of rotatable bonds is 6. The van der Waals surface area contributed by atoms with Crippen LogP contribution in [0.2, 0.25) is 5.02 Å². The number of carbonyl (C=O) groups excluding carboxylic acids is 1. The standard InChI is InChI=1S/C19H13ClFN7O3/c1-10(23-18(29)17-24-19(31-27-17)16-3-5-30-26-16)9-28-4-2-15(25-28)11-6-13(20)12(8-22)14(21)7-11/h2-7,10H,9H2,1H3,(H,23,29)/t10-/m0/s1. The highest BCUT2D eigenvalue weighted by molar-refractivity contribution is 6.32. The minimum absolute atomic E-state index is 0.0118. The van der Waals surface area contributed by atoms with Crippen LogP contribution in [0.25, 0.3) is 22.8 Å². The van der Waals surface area contributed by atoms with Gasteiger partial charge in [0.05, 0.1) is 17.3 Å². The lowest BCUT2D eigenvalue weighted by molar-refractivity contribution is 0.0922. The predicted octanol–water partition coefficient (Wildman–Crippen LogP) is 3.07. The average molecular weight is 442 g/mol. The van der Waals surface area contributed by atoms with E-state index in [1.54, 1.807) is 29.9 Å². The molecule has 1 aromatic carbocycles. The van der Waals surface area contributed by atoms with Crippen LogP contribution in [0.3, 0.4) is 0 Å². The molecule has 4 rings (SSSR count). The number of amides is 1. The van der Waals surface area contributed by atoms with E-state index in [-0.39, 0.29) is 28.3 Å². The molecule has 1 atom stereocenters. The number of hydrogen-bond acceptors (Lipinski definition) is 8. The van der Waals surface area contributed by atoms with Crippen molar-refractivity contribution in [1.82, 2.24) is 30.4 Å². The summed E-state index contributed by atoms with van der Waals surface area (Å²) in [6, 6.07) is 7.26. The topological polar surface area (TPSA) is 136 Å². The molecule has 0 radical (unpaired) electrons. The number of hydrogen-bond donors (Lipinski definition) is 1. The smallest absolute Gasteiger partial charge is 0.292 e. The summed E-state index contributed by atoms with van der Waals surface area (Å²) in [5.74, 6) is -1.32. The molecule has 0 saturated heterocycles. The van der Waals surface area contributed by atoms with Crippen LogP contribution in [-0.4, -0.2) is 37.0 Å². The van der Waals surface area contributed by atoms with Gasteiger partial charge in [-0.25, -0.2) is 4.39 Å². The van der Waals surface area contributed by atoms with E-state index in [9.17, 15) is 9.18 Å². The van der Waals surface area contributed by atoms with Gasteiger partial charge in [0.15, 0.2) is 5.69 Å². The summed E-state index contributed by atoms with van der Waals surface area (Å²) in [7, 11) is 0. The highest BCUT2D eigenvalue weighted by Crippen LogP contribution is 2.26. The van der Waals surface area contributed by atoms with Crippen LogP contribution < -0.4 is 5.32 Å². The highest BCUT2D eigenvalue weighted by atomic mass is 35.5. The molecule has 31 heavy (non-hydrogen) atoms. The summed E-state index contributed by atoms with van der Waals surface area (Å²) in [5, 5.41) is 23.3. The molecule has 0 unspecified atom stereocenters. The maximum absolute atomic E-state index is 14.0.